The predicted molar refractivity (Wildman–Crippen MR) is 121 cm³/mol. The van der Waals surface area contributed by atoms with Crippen LogP contribution in [0.4, 0.5) is 0 Å². The van der Waals surface area contributed by atoms with Crippen LogP contribution in [0.25, 0.3) is 10.9 Å². The molecule has 0 unspecified atom stereocenters. The summed E-state index contributed by atoms with van der Waals surface area (Å²) in [5.41, 5.74) is 1.08. The second-order valence-corrected chi connectivity index (χ2v) is 7.69. The lowest BCUT2D eigenvalue weighted by molar-refractivity contribution is 0.198. The van der Waals surface area contributed by atoms with Crippen molar-refractivity contribution in [2.24, 2.45) is 5.10 Å². The molecule has 30 heavy (non-hydrogen) atoms. The standard InChI is InChI=1S/C22H24BrN3O4/c1-6-13(2)30-21-19(28-4)9-15(10-20(21)29-5)12-24-26-14(3)25-18-8-7-16(23)11-17(18)22(26)27/h7-13H,6H2,1-5H3/t13-/m1/s1. The van der Waals surface area contributed by atoms with Gasteiger partial charge in [-0.2, -0.15) is 9.78 Å². The Morgan fingerprint density at radius 1 is 1.20 bits per heavy atom. The minimum Gasteiger partial charge on any atom is -0.493 e. The predicted octanol–water partition coefficient (Wildman–Crippen LogP) is 4.54. The van der Waals surface area contributed by atoms with Gasteiger partial charge in [-0.05, 0) is 50.6 Å². The van der Waals surface area contributed by atoms with Crippen LogP contribution in [-0.4, -0.2) is 36.2 Å². The normalized spacial score (nSPS) is 12.3. The van der Waals surface area contributed by atoms with E-state index < -0.39 is 0 Å². The first-order valence-electron chi connectivity index (χ1n) is 9.53. The van der Waals surface area contributed by atoms with E-state index in [2.05, 4.69) is 26.0 Å². The van der Waals surface area contributed by atoms with E-state index in [1.807, 2.05) is 19.9 Å². The van der Waals surface area contributed by atoms with E-state index >= 15 is 0 Å². The maximum atomic E-state index is 12.9. The highest BCUT2D eigenvalue weighted by molar-refractivity contribution is 9.10. The molecule has 3 aromatic rings. The molecule has 0 spiro atoms. The molecule has 0 N–H and O–H groups in total. The van der Waals surface area contributed by atoms with Crippen LogP contribution < -0.4 is 19.8 Å². The zero-order valence-electron chi connectivity index (χ0n) is 17.6. The molecule has 0 saturated carbocycles. The quantitative estimate of drug-likeness (QED) is 0.470. The monoisotopic (exact) mass is 473 g/mol. The van der Waals surface area contributed by atoms with E-state index in [9.17, 15) is 4.79 Å². The van der Waals surface area contributed by atoms with E-state index in [4.69, 9.17) is 14.2 Å². The molecule has 8 heteroatoms. The number of fused-ring (bicyclic) bond motifs is 1. The molecule has 3 rings (SSSR count). The van der Waals surface area contributed by atoms with Crippen LogP contribution >= 0.6 is 15.9 Å². The Bertz CT molecular complexity index is 1130. The van der Waals surface area contributed by atoms with Crippen LogP contribution in [0.3, 0.4) is 0 Å². The summed E-state index contributed by atoms with van der Waals surface area (Å²) < 4.78 is 19.0. The summed E-state index contributed by atoms with van der Waals surface area (Å²) in [6.07, 6.45) is 2.43. The highest BCUT2D eigenvalue weighted by Gasteiger charge is 2.16. The Labute approximate surface area is 183 Å². The van der Waals surface area contributed by atoms with Crippen molar-refractivity contribution in [1.82, 2.24) is 9.66 Å². The number of aromatic nitrogens is 2. The van der Waals surface area contributed by atoms with Crippen LogP contribution in [0.2, 0.25) is 0 Å². The van der Waals surface area contributed by atoms with Gasteiger partial charge in [-0.3, -0.25) is 4.79 Å². The second-order valence-electron chi connectivity index (χ2n) is 6.77. The average molecular weight is 474 g/mol. The number of hydrogen-bond donors (Lipinski definition) is 0. The Morgan fingerprint density at radius 3 is 2.47 bits per heavy atom. The van der Waals surface area contributed by atoms with Crippen molar-refractivity contribution >= 4 is 33.0 Å². The van der Waals surface area contributed by atoms with Gasteiger partial charge < -0.3 is 14.2 Å². The van der Waals surface area contributed by atoms with Crippen LogP contribution in [0, 0.1) is 6.92 Å². The molecule has 0 amide bonds. The van der Waals surface area contributed by atoms with Crippen molar-refractivity contribution in [2.75, 3.05) is 14.2 Å². The molecule has 0 bridgehead atoms. The third kappa shape index (κ3) is 4.48. The summed E-state index contributed by atoms with van der Waals surface area (Å²) in [5.74, 6) is 2.08. The molecule has 0 aliphatic heterocycles. The Hall–Kier alpha value is -2.87. The largest absolute Gasteiger partial charge is 0.493 e. The molecule has 1 heterocycles. The molecule has 0 radical (unpaired) electrons. The Balaban J connectivity index is 2.05. The van der Waals surface area contributed by atoms with Crippen molar-refractivity contribution in [3.8, 4) is 17.2 Å². The van der Waals surface area contributed by atoms with Gasteiger partial charge in [-0.1, -0.05) is 22.9 Å². The highest BCUT2D eigenvalue weighted by atomic mass is 79.9. The molecule has 0 aliphatic carbocycles. The van der Waals surface area contributed by atoms with Gasteiger partial charge in [0.05, 0.1) is 37.4 Å². The molecule has 158 valence electrons. The minimum absolute atomic E-state index is 0.0107. The lowest BCUT2D eigenvalue weighted by Gasteiger charge is -2.18. The third-order valence-corrected chi connectivity index (χ3v) is 5.16. The first-order chi connectivity index (χ1) is 14.4. The molecule has 0 fully saturated rings. The summed E-state index contributed by atoms with van der Waals surface area (Å²) in [6, 6.07) is 8.96. The van der Waals surface area contributed by atoms with Gasteiger partial charge in [0.1, 0.15) is 5.82 Å². The van der Waals surface area contributed by atoms with Crippen molar-refractivity contribution in [3.63, 3.8) is 0 Å². The number of benzene rings is 2. The number of ether oxygens (including phenoxy) is 3. The molecular weight excluding hydrogens is 450 g/mol. The number of rotatable bonds is 7. The lowest BCUT2D eigenvalue weighted by atomic mass is 10.2. The molecule has 2 aromatic carbocycles. The van der Waals surface area contributed by atoms with E-state index in [-0.39, 0.29) is 11.7 Å². The van der Waals surface area contributed by atoms with E-state index in [1.165, 1.54) is 4.68 Å². The SMILES string of the molecule is CC[C@@H](C)Oc1c(OC)cc(C=Nn2c(C)nc3ccc(Br)cc3c2=O)cc1OC. The van der Waals surface area contributed by atoms with E-state index in [1.54, 1.807) is 51.6 Å². The van der Waals surface area contributed by atoms with Crippen molar-refractivity contribution in [3.05, 3.63) is 56.5 Å². The summed E-state index contributed by atoms with van der Waals surface area (Å²) in [5, 5.41) is 4.85. The van der Waals surface area contributed by atoms with E-state index in [0.717, 1.165) is 10.9 Å². The van der Waals surface area contributed by atoms with Crippen LogP contribution in [0.15, 0.2) is 44.7 Å². The summed E-state index contributed by atoms with van der Waals surface area (Å²) in [7, 11) is 3.14. The summed E-state index contributed by atoms with van der Waals surface area (Å²) >= 11 is 3.39. The van der Waals surface area contributed by atoms with Crippen LogP contribution in [0.5, 0.6) is 17.2 Å². The molecule has 0 aliphatic rings. The topological polar surface area (TPSA) is 74.9 Å². The number of halogens is 1. The second kappa shape index (κ2) is 9.30. The van der Waals surface area contributed by atoms with Crippen LogP contribution in [0.1, 0.15) is 31.7 Å². The van der Waals surface area contributed by atoms with Gasteiger partial charge in [0.15, 0.2) is 11.5 Å². The fraction of sp³-hybridized carbons (Fsp3) is 0.318. The maximum Gasteiger partial charge on any atom is 0.282 e. The zero-order valence-corrected chi connectivity index (χ0v) is 19.2. The maximum absolute atomic E-state index is 12.9. The summed E-state index contributed by atoms with van der Waals surface area (Å²) in [6.45, 7) is 5.76. The smallest absolute Gasteiger partial charge is 0.282 e. The number of nitrogens with zero attached hydrogens (tertiary/aromatic N) is 3. The fourth-order valence-corrected chi connectivity index (χ4v) is 3.26. The molecule has 1 atom stereocenters. The third-order valence-electron chi connectivity index (χ3n) is 4.67. The number of methoxy groups -OCH3 is 2. The average Bonchev–Trinajstić information content (AvgIpc) is 2.74. The molecule has 0 saturated heterocycles. The van der Waals surface area contributed by atoms with Gasteiger partial charge in [-0.15, -0.1) is 0 Å². The first kappa shape index (κ1) is 21.8. The molecule has 7 nitrogen and oxygen atoms in total. The molecular formula is C22H24BrN3O4. The van der Waals surface area contributed by atoms with Gasteiger partial charge in [0.25, 0.3) is 5.56 Å². The number of aryl methyl sites for hydroxylation is 1. The van der Waals surface area contributed by atoms with E-state index in [0.29, 0.717) is 39.5 Å². The number of hydrogen-bond acceptors (Lipinski definition) is 6. The van der Waals surface area contributed by atoms with Gasteiger partial charge in [0.2, 0.25) is 5.75 Å². The fourth-order valence-electron chi connectivity index (χ4n) is 2.90. The lowest BCUT2D eigenvalue weighted by Crippen LogP contribution is -2.20. The molecule has 1 aromatic heterocycles. The Kier molecular flexibility index (Phi) is 6.77. The highest BCUT2D eigenvalue weighted by Crippen LogP contribution is 2.39. The van der Waals surface area contributed by atoms with Gasteiger partial charge in [-0.25, -0.2) is 4.98 Å². The first-order valence-corrected chi connectivity index (χ1v) is 10.3. The van der Waals surface area contributed by atoms with Gasteiger partial charge in [0, 0.05) is 10.0 Å². The van der Waals surface area contributed by atoms with Crippen molar-refractivity contribution < 1.29 is 14.2 Å². The van der Waals surface area contributed by atoms with Crippen molar-refractivity contribution in [1.29, 1.82) is 0 Å². The summed E-state index contributed by atoms with van der Waals surface area (Å²) in [4.78, 5) is 17.4. The van der Waals surface area contributed by atoms with Gasteiger partial charge >= 0.3 is 0 Å². The zero-order chi connectivity index (χ0) is 21.8. The van der Waals surface area contributed by atoms with Crippen molar-refractivity contribution in [2.45, 2.75) is 33.3 Å². The minimum atomic E-state index is -0.245. The Morgan fingerprint density at radius 2 is 1.87 bits per heavy atom. The van der Waals surface area contributed by atoms with Crippen LogP contribution in [-0.2, 0) is 0 Å².